The molecule has 0 saturated carbocycles. The molecule has 5 heteroatoms. The van der Waals surface area contributed by atoms with Crippen LogP contribution in [0.1, 0.15) is 24.9 Å². The lowest BCUT2D eigenvalue weighted by atomic mass is 10.0. The number of rotatable bonds is 5. The van der Waals surface area contributed by atoms with E-state index in [0.717, 1.165) is 34.5 Å². The predicted octanol–water partition coefficient (Wildman–Crippen LogP) is 2.52. The standard InChI is InChI=1S/C13H19BrN2O2/c1-3-4-16(2)11(7-15)9-5-10(14)13-12(6-9)17-8-18-13/h5-6,11H,3-4,7-8,15H2,1-2H3. The van der Waals surface area contributed by atoms with Crippen molar-refractivity contribution in [3.63, 3.8) is 0 Å². The first kappa shape index (κ1) is 13.6. The molecule has 2 rings (SSSR count). The summed E-state index contributed by atoms with van der Waals surface area (Å²) >= 11 is 3.52. The van der Waals surface area contributed by atoms with E-state index in [1.165, 1.54) is 0 Å². The van der Waals surface area contributed by atoms with E-state index in [0.29, 0.717) is 6.54 Å². The van der Waals surface area contributed by atoms with Crippen molar-refractivity contribution in [3.8, 4) is 11.5 Å². The summed E-state index contributed by atoms with van der Waals surface area (Å²) < 4.78 is 11.8. The Hall–Kier alpha value is -0.780. The molecule has 0 aliphatic carbocycles. The molecule has 0 saturated heterocycles. The Morgan fingerprint density at radius 1 is 1.44 bits per heavy atom. The fraction of sp³-hybridized carbons (Fsp3) is 0.538. The Labute approximate surface area is 116 Å². The Balaban J connectivity index is 2.29. The van der Waals surface area contributed by atoms with Gasteiger partial charge in [-0.25, -0.2) is 0 Å². The van der Waals surface area contributed by atoms with Crippen LogP contribution in [0.5, 0.6) is 11.5 Å². The number of ether oxygens (including phenoxy) is 2. The van der Waals surface area contributed by atoms with Crippen LogP contribution in [-0.2, 0) is 0 Å². The molecule has 1 aromatic rings. The summed E-state index contributed by atoms with van der Waals surface area (Å²) in [5.41, 5.74) is 7.06. The van der Waals surface area contributed by atoms with Crippen molar-refractivity contribution in [1.29, 1.82) is 0 Å². The van der Waals surface area contributed by atoms with Crippen molar-refractivity contribution in [2.45, 2.75) is 19.4 Å². The Bertz CT molecular complexity index is 426. The fourth-order valence-electron chi connectivity index (χ4n) is 2.26. The van der Waals surface area contributed by atoms with Gasteiger partial charge in [0.15, 0.2) is 11.5 Å². The average Bonchev–Trinajstić information content (AvgIpc) is 2.79. The molecule has 0 fully saturated rings. The minimum Gasteiger partial charge on any atom is -0.454 e. The molecule has 1 unspecified atom stereocenters. The molecule has 0 amide bonds. The number of hydrogen-bond acceptors (Lipinski definition) is 4. The van der Waals surface area contributed by atoms with Gasteiger partial charge in [-0.1, -0.05) is 6.92 Å². The maximum atomic E-state index is 5.90. The summed E-state index contributed by atoms with van der Waals surface area (Å²) in [4.78, 5) is 2.27. The summed E-state index contributed by atoms with van der Waals surface area (Å²) in [5.74, 6) is 1.58. The highest BCUT2D eigenvalue weighted by Crippen LogP contribution is 2.41. The molecule has 0 aromatic heterocycles. The molecule has 100 valence electrons. The zero-order chi connectivity index (χ0) is 13.1. The minimum atomic E-state index is 0.204. The minimum absolute atomic E-state index is 0.204. The molecule has 1 atom stereocenters. The van der Waals surface area contributed by atoms with Crippen molar-refractivity contribution in [2.75, 3.05) is 26.9 Å². The van der Waals surface area contributed by atoms with Crippen molar-refractivity contribution in [1.82, 2.24) is 4.90 Å². The van der Waals surface area contributed by atoms with Crippen LogP contribution in [-0.4, -0.2) is 31.8 Å². The molecule has 1 aromatic carbocycles. The molecular weight excluding hydrogens is 296 g/mol. The number of halogens is 1. The number of fused-ring (bicyclic) bond motifs is 1. The lowest BCUT2D eigenvalue weighted by Crippen LogP contribution is -2.31. The number of likely N-dealkylation sites (N-methyl/N-ethyl adjacent to an activating group) is 1. The van der Waals surface area contributed by atoms with E-state index < -0.39 is 0 Å². The second kappa shape index (κ2) is 5.91. The van der Waals surface area contributed by atoms with E-state index in [2.05, 4.69) is 40.9 Å². The van der Waals surface area contributed by atoms with Crippen molar-refractivity contribution < 1.29 is 9.47 Å². The highest BCUT2D eigenvalue weighted by Gasteiger charge is 2.22. The second-order valence-electron chi connectivity index (χ2n) is 4.47. The molecule has 0 spiro atoms. The number of nitrogens with zero attached hydrogens (tertiary/aromatic N) is 1. The molecule has 1 heterocycles. The van der Waals surface area contributed by atoms with Crippen molar-refractivity contribution >= 4 is 15.9 Å². The Morgan fingerprint density at radius 2 is 2.22 bits per heavy atom. The predicted molar refractivity (Wildman–Crippen MR) is 75.0 cm³/mol. The topological polar surface area (TPSA) is 47.7 Å². The molecular formula is C13H19BrN2O2. The number of nitrogens with two attached hydrogens (primary N) is 1. The monoisotopic (exact) mass is 314 g/mol. The summed E-state index contributed by atoms with van der Waals surface area (Å²) in [6.45, 7) is 4.06. The highest BCUT2D eigenvalue weighted by molar-refractivity contribution is 9.10. The van der Waals surface area contributed by atoms with Crippen molar-refractivity contribution in [3.05, 3.63) is 22.2 Å². The molecule has 1 aliphatic heterocycles. The van der Waals surface area contributed by atoms with Crippen LogP contribution in [0.25, 0.3) is 0 Å². The van der Waals surface area contributed by atoms with E-state index in [1.807, 2.05) is 6.07 Å². The lowest BCUT2D eigenvalue weighted by Gasteiger charge is -2.27. The second-order valence-corrected chi connectivity index (χ2v) is 5.32. The summed E-state index contributed by atoms with van der Waals surface area (Å²) in [6, 6.07) is 4.30. The SMILES string of the molecule is CCCN(C)C(CN)c1cc(Br)c2c(c1)OCO2. The summed E-state index contributed by atoms with van der Waals surface area (Å²) in [6.07, 6.45) is 1.11. The van der Waals surface area contributed by atoms with Crippen LogP contribution >= 0.6 is 15.9 Å². The Kier molecular flexibility index (Phi) is 4.48. The van der Waals surface area contributed by atoms with Crippen LogP contribution < -0.4 is 15.2 Å². The average molecular weight is 315 g/mol. The Morgan fingerprint density at radius 3 is 2.89 bits per heavy atom. The van der Waals surface area contributed by atoms with Crippen LogP contribution in [0.4, 0.5) is 0 Å². The van der Waals surface area contributed by atoms with Crippen LogP contribution in [0.3, 0.4) is 0 Å². The van der Waals surface area contributed by atoms with Gasteiger partial charge in [0.2, 0.25) is 6.79 Å². The van der Waals surface area contributed by atoms with Gasteiger partial charge in [0, 0.05) is 12.6 Å². The van der Waals surface area contributed by atoms with Gasteiger partial charge >= 0.3 is 0 Å². The van der Waals surface area contributed by atoms with Gasteiger partial charge in [0.25, 0.3) is 0 Å². The molecule has 0 radical (unpaired) electrons. The summed E-state index contributed by atoms with van der Waals surface area (Å²) in [5, 5.41) is 0. The number of benzene rings is 1. The maximum absolute atomic E-state index is 5.90. The lowest BCUT2D eigenvalue weighted by molar-refractivity contribution is 0.173. The zero-order valence-electron chi connectivity index (χ0n) is 10.8. The van der Waals surface area contributed by atoms with Gasteiger partial charge in [-0.15, -0.1) is 0 Å². The molecule has 18 heavy (non-hydrogen) atoms. The number of hydrogen-bond donors (Lipinski definition) is 1. The third-order valence-corrected chi connectivity index (χ3v) is 3.75. The molecule has 0 bridgehead atoms. The van der Waals surface area contributed by atoms with Gasteiger partial charge in [0.05, 0.1) is 4.47 Å². The van der Waals surface area contributed by atoms with Gasteiger partial charge in [-0.2, -0.15) is 0 Å². The normalized spacial score (nSPS) is 15.2. The first-order chi connectivity index (χ1) is 8.67. The van der Waals surface area contributed by atoms with Gasteiger partial charge in [-0.05, 0) is 53.6 Å². The van der Waals surface area contributed by atoms with E-state index >= 15 is 0 Å². The van der Waals surface area contributed by atoms with Gasteiger partial charge < -0.3 is 15.2 Å². The van der Waals surface area contributed by atoms with E-state index in [9.17, 15) is 0 Å². The molecule has 1 aliphatic rings. The fourth-order valence-corrected chi connectivity index (χ4v) is 2.83. The summed E-state index contributed by atoms with van der Waals surface area (Å²) in [7, 11) is 2.10. The first-order valence-electron chi connectivity index (χ1n) is 6.16. The van der Waals surface area contributed by atoms with Crippen LogP contribution in [0.15, 0.2) is 16.6 Å². The maximum Gasteiger partial charge on any atom is 0.231 e. The van der Waals surface area contributed by atoms with Crippen molar-refractivity contribution in [2.24, 2.45) is 5.73 Å². The third-order valence-electron chi connectivity index (χ3n) is 3.17. The molecule has 4 nitrogen and oxygen atoms in total. The third kappa shape index (κ3) is 2.63. The molecule has 2 N–H and O–H groups in total. The van der Waals surface area contributed by atoms with Gasteiger partial charge in [-0.3, -0.25) is 4.90 Å². The van der Waals surface area contributed by atoms with E-state index in [1.54, 1.807) is 0 Å². The largest absolute Gasteiger partial charge is 0.454 e. The quantitative estimate of drug-likeness (QED) is 0.907. The van der Waals surface area contributed by atoms with Crippen LogP contribution in [0.2, 0.25) is 0 Å². The highest BCUT2D eigenvalue weighted by atomic mass is 79.9. The zero-order valence-corrected chi connectivity index (χ0v) is 12.4. The first-order valence-corrected chi connectivity index (χ1v) is 6.96. The van der Waals surface area contributed by atoms with Gasteiger partial charge in [0.1, 0.15) is 0 Å². The smallest absolute Gasteiger partial charge is 0.231 e. The van der Waals surface area contributed by atoms with Crippen LogP contribution in [0, 0.1) is 0 Å². The van der Waals surface area contributed by atoms with E-state index in [4.69, 9.17) is 15.2 Å². The van der Waals surface area contributed by atoms with E-state index in [-0.39, 0.29) is 12.8 Å².